The van der Waals surface area contributed by atoms with E-state index in [1.807, 2.05) is 13.8 Å². The summed E-state index contributed by atoms with van der Waals surface area (Å²) >= 11 is 0. The minimum atomic E-state index is -3.76. The normalized spacial score (nSPS) is 11.6. The standard InChI is InChI=1S/C12H23N5O3S/c1-5-17(6-2)10(18)7-8-14-21(19,20)11-9(3)16(4)15-12(11)13/h14H,5-8H2,1-4H3,(H2,13,15). The van der Waals surface area contributed by atoms with E-state index < -0.39 is 10.0 Å². The molecular weight excluding hydrogens is 294 g/mol. The minimum absolute atomic E-state index is 0.0275. The van der Waals surface area contributed by atoms with Crippen LogP contribution in [0.25, 0.3) is 0 Å². The van der Waals surface area contributed by atoms with Crippen LogP contribution in [0.1, 0.15) is 26.0 Å². The van der Waals surface area contributed by atoms with Crippen LogP contribution < -0.4 is 10.5 Å². The number of hydrogen-bond acceptors (Lipinski definition) is 5. The SMILES string of the molecule is CCN(CC)C(=O)CCNS(=O)(=O)c1c(N)nn(C)c1C. The van der Waals surface area contributed by atoms with Crippen molar-refractivity contribution in [2.24, 2.45) is 7.05 Å². The fourth-order valence-electron chi connectivity index (χ4n) is 2.05. The topological polar surface area (TPSA) is 110 Å². The molecule has 9 heteroatoms. The number of amides is 1. The number of rotatable bonds is 7. The highest BCUT2D eigenvalue weighted by Crippen LogP contribution is 2.20. The summed E-state index contributed by atoms with van der Waals surface area (Å²) in [6.45, 7) is 6.63. The van der Waals surface area contributed by atoms with Crippen molar-refractivity contribution in [3.8, 4) is 0 Å². The molecule has 1 heterocycles. The third kappa shape index (κ3) is 3.94. The Hall–Kier alpha value is -1.61. The van der Waals surface area contributed by atoms with Crippen molar-refractivity contribution in [2.75, 3.05) is 25.4 Å². The molecule has 0 fully saturated rings. The molecule has 3 N–H and O–H groups in total. The molecule has 1 aromatic rings. The zero-order chi connectivity index (χ0) is 16.2. The van der Waals surface area contributed by atoms with Gasteiger partial charge in [0.15, 0.2) is 5.82 Å². The summed E-state index contributed by atoms with van der Waals surface area (Å²) in [6.07, 6.45) is 0.111. The number of sulfonamides is 1. The van der Waals surface area contributed by atoms with E-state index >= 15 is 0 Å². The largest absolute Gasteiger partial charge is 0.381 e. The van der Waals surface area contributed by atoms with Crippen LogP contribution in [0, 0.1) is 6.92 Å². The van der Waals surface area contributed by atoms with Crippen LogP contribution in [0.3, 0.4) is 0 Å². The van der Waals surface area contributed by atoms with Crippen molar-refractivity contribution in [3.05, 3.63) is 5.69 Å². The molecule has 0 unspecified atom stereocenters. The summed E-state index contributed by atoms with van der Waals surface area (Å²) < 4.78 is 28.2. The zero-order valence-corrected chi connectivity index (χ0v) is 13.7. The summed E-state index contributed by atoms with van der Waals surface area (Å²) in [5.41, 5.74) is 6.08. The average molecular weight is 317 g/mol. The molecule has 0 aliphatic rings. The smallest absolute Gasteiger partial charge is 0.246 e. The van der Waals surface area contributed by atoms with Crippen molar-refractivity contribution >= 4 is 21.7 Å². The third-order valence-corrected chi connectivity index (χ3v) is 4.95. The van der Waals surface area contributed by atoms with Gasteiger partial charge in [-0.05, 0) is 20.8 Å². The number of carbonyl (C=O) groups is 1. The van der Waals surface area contributed by atoms with E-state index in [9.17, 15) is 13.2 Å². The van der Waals surface area contributed by atoms with Gasteiger partial charge in [-0.3, -0.25) is 9.48 Å². The van der Waals surface area contributed by atoms with E-state index in [0.717, 1.165) is 0 Å². The first-order chi connectivity index (χ1) is 9.74. The highest BCUT2D eigenvalue weighted by Gasteiger charge is 2.24. The second-order valence-electron chi connectivity index (χ2n) is 4.64. The number of aryl methyl sites for hydroxylation is 1. The van der Waals surface area contributed by atoms with Gasteiger partial charge in [-0.2, -0.15) is 5.10 Å². The van der Waals surface area contributed by atoms with Crippen molar-refractivity contribution in [1.82, 2.24) is 19.4 Å². The first-order valence-electron chi connectivity index (χ1n) is 6.81. The van der Waals surface area contributed by atoms with Crippen LogP contribution in [-0.2, 0) is 21.9 Å². The first-order valence-corrected chi connectivity index (χ1v) is 8.29. The van der Waals surface area contributed by atoms with Crippen LogP contribution >= 0.6 is 0 Å². The lowest BCUT2D eigenvalue weighted by molar-refractivity contribution is -0.130. The Kier molecular flexibility index (Phi) is 5.73. The zero-order valence-electron chi connectivity index (χ0n) is 12.9. The average Bonchev–Trinajstić information content (AvgIpc) is 2.64. The molecule has 0 aliphatic heterocycles. The summed E-state index contributed by atoms with van der Waals surface area (Å²) in [4.78, 5) is 13.4. The molecule has 0 spiro atoms. The maximum atomic E-state index is 12.2. The summed E-state index contributed by atoms with van der Waals surface area (Å²) in [6, 6.07) is 0. The second kappa shape index (κ2) is 6.90. The Bertz CT molecular complexity index is 605. The third-order valence-electron chi connectivity index (χ3n) is 3.32. The van der Waals surface area contributed by atoms with Gasteiger partial charge in [0.2, 0.25) is 15.9 Å². The molecule has 21 heavy (non-hydrogen) atoms. The monoisotopic (exact) mass is 317 g/mol. The number of nitrogens with one attached hydrogen (secondary N) is 1. The van der Waals surface area contributed by atoms with Gasteiger partial charge in [0.25, 0.3) is 0 Å². The molecule has 1 aromatic heterocycles. The molecule has 0 atom stereocenters. The molecule has 0 aromatic carbocycles. The van der Waals surface area contributed by atoms with Gasteiger partial charge < -0.3 is 10.6 Å². The number of nitrogens with zero attached hydrogens (tertiary/aromatic N) is 3. The number of aromatic nitrogens is 2. The molecule has 1 rings (SSSR count). The Morgan fingerprint density at radius 3 is 2.38 bits per heavy atom. The summed E-state index contributed by atoms with van der Waals surface area (Å²) in [5, 5.41) is 3.87. The first kappa shape index (κ1) is 17.4. The Balaban J connectivity index is 2.73. The molecule has 0 saturated carbocycles. The van der Waals surface area contributed by atoms with Crippen molar-refractivity contribution in [3.63, 3.8) is 0 Å². The predicted octanol–water partition coefficient (Wildman–Crippen LogP) is -0.152. The molecule has 120 valence electrons. The lowest BCUT2D eigenvalue weighted by atomic mass is 10.3. The van der Waals surface area contributed by atoms with Crippen LogP contribution in [0.15, 0.2) is 4.90 Å². The maximum absolute atomic E-state index is 12.2. The lowest BCUT2D eigenvalue weighted by Crippen LogP contribution is -2.34. The van der Waals surface area contributed by atoms with Crippen LogP contribution in [0.4, 0.5) is 5.82 Å². The maximum Gasteiger partial charge on any atom is 0.246 e. The van der Waals surface area contributed by atoms with E-state index in [1.54, 1.807) is 18.9 Å². The number of anilines is 1. The van der Waals surface area contributed by atoms with Crippen molar-refractivity contribution < 1.29 is 13.2 Å². The number of nitrogens with two attached hydrogens (primary N) is 1. The van der Waals surface area contributed by atoms with Gasteiger partial charge in [0.1, 0.15) is 4.90 Å². The van der Waals surface area contributed by atoms with Gasteiger partial charge in [-0.25, -0.2) is 13.1 Å². The van der Waals surface area contributed by atoms with Gasteiger partial charge in [0, 0.05) is 33.1 Å². The molecule has 0 saturated heterocycles. The fraction of sp³-hybridized carbons (Fsp3) is 0.667. The molecule has 0 bridgehead atoms. The van der Waals surface area contributed by atoms with E-state index in [0.29, 0.717) is 18.8 Å². The Morgan fingerprint density at radius 2 is 1.95 bits per heavy atom. The predicted molar refractivity (Wildman–Crippen MR) is 80.1 cm³/mol. The quantitative estimate of drug-likeness (QED) is 0.726. The Labute approximate surface area is 125 Å². The fourth-order valence-corrected chi connectivity index (χ4v) is 3.40. The molecule has 1 amide bonds. The molecule has 8 nitrogen and oxygen atoms in total. The van der Waals surface area contributed by atoms with E-state index in [-0.39, 0.29) is 29.6 Å². The highest BCUT2D eigenvalue weighted by atomic mass is 32.2. The second-order valence-corrected chi connectivity index (χ2v) is 6.34. The highest BCUT2D eigenvalue weighted by molar-refractivity contribution is 7.89. The van der Waals surface area contributed by atoms with Crippen molar-refractivity contribution in [2.45, 2.75) is 32.1 Å². The number of hydrogen-bond donors (Lipinski definition) is 2. The van der Waals surface area contributed by atoms with E-state index in [1.165, 1.54) is 4.68 Å². The lowest BCUT2D eigenvalue weighted by Gasteiger charge is -2.18. The molecule has 0 radical (unpaired) electrons. The number of carbonyl (C=O) groups excluding carboxylic acids is 1. The van der Waals surface area contributed by atoms with Gasteiger partial charge in [-0.15, -0.1) is 0 Å². The molecule has 0 aliphatic carbocycles. The van der Waals surface area contributed by atoms with Crippen LogP contribution in [0.2, 0.25) is 0 Å². The Morgan fingerprint density at radius 1 is 1.38 bits per heavy atom. The summed E-state index contributed by atoms with van der Waals surface area (Å²) in [5.74, 6) is -0.129. The van der Waals surface area contributed by atoms with Crippen molar-refractivity contribution in [1.29, 1.82) is 0 Å². The minimum Gasteiger partial charge on any atom is -0.381 e. The molecular formula is C12H23N5O3S. The van der Waals surface area contributed by atoms with Crippen LogP contribution in [-0.4, -0.2) is 48.6 Å². The van der Waals surface area contributed by atoms with E-state index in [2.05, 4.69) is 9.82 Å². The summed E-state index contributed by atoms with van der Waals surface area (Å²) in [7, 11) is -2.15. The van der Waals surface area contributed by atoms with Gasteiger partial charge in [0.05, 0.1) is 5.69 Å². The number of nitrogen functional groups attached to an aromatic ring is 1. The van der Waals surface area contributed by atoms with E-state index in [4.69, 9.17) is 5.73 Å². The van der Waals surface area contributed by atoms with Crippen LogP contribution in [0.5, 0.6) is 0 Å². The van der Waals surface area contributed by atoms with Gasteiger partial charge in [-0.1, -0.05) is 0 Å². The van der Waals surface area contributed by atoms with Gasteiger partial charge >= 0.3 is 0 Å².